The summed E-state index contributed by atoms with van der Waals surface area (Å²) in [7, 11) is 1.75. The van der Waals surface area contributed by atoms with Crippen LogP contribution in [0.5, 0.6) is 0 Å². The van der Waals surface area contributed by atoms with Crippen molar-refractivity contribution in [2.75, 3.05) is 0 Å². The van der Waals surface area contributed by atoms with E-state index in [4.69, 9.17) is 5.11 Å². The lowest BCUT2D eigenvalue weighted by Crippen LogP contribution is -2.29. The Bertz CT molecular complexity index is 356. The Morgan fingerprint density at radius 3 is 2.73 bits per heavy atom. The maximum absolute atomic E-state index is 10.9. The van der Waals surface area contributed by atoms with Gasteiger partial charge < -0.3 is 15.0 Å². The molecule has 82 valence electrons. The molecule has 1 heterocycles. The van der Waals surface area contributed by atoms with E-state index in [1.54, 1.807) is 24.1 Å². The molecule has 0 aliphatic heterocycles. The van der Waals surface area contributed by atoms with E-state index in [1.165, 1.54) is 6.92 Å². The topological polar surface area (TPSA) is 84.2 Å². The summed E-state index contributed by atoms with van der Waals surface area (Å²) in [6, 6.07) is -0.535. The predicted molar refractivity (Wildman–Crippen MR) is 52.0 cm³/mol. The lowest BCUT2D eigenvalue weighted by molar-refractivity contribution is -0.137. The van der Waals surface area contributed by atoms with Gasteiger partial charge in [-0.1, -0.05) is 0 Å². The minimum atomic E-state index is -0.963. The second-order valence-corrected chi connectivity index (χ2v) is 3.28. The van der Waals surface area contributed by atoms with Crippen LogP contribution in [0.1, 0.15) is 25.1 Å². The summed E-state index contributed by atoms with van der Waals surface area (Å²) in [5.41, 5.74) is 0.674. The highest BCUT2D eigenvalue weighted by atomic mass is 16.4. The number of carboxylic acid groups (broad SMARTS) is 1. The lowest BCUT2D eigenvalue weighted by Gasteiger charge is -2.15. The average Bonchev–Trinajstić information content (AvgIpc) is 2.48. The molecule has 15 heavy (non-hydrogen) atoms. The van der Waals surface area contributed by atoms with Crippen molar-refractivity contribution < 1.29 is 14.7 Å². The summed E-state index contributed by atoms with van der Waals surface area (Å²) in [4.78, 5) is 25.4. The van der Waals surface area contributed by atoms with Gasteiger partial charge in [0.25, 0.3) is 0 Å². The highest BCUT2D eigenvalue weighted by Crippen LogP contribution is 2.15. The summed E-state index contributed by atoms with van der Waals surface area (Å²) < 4.78 is 1.68. The molecular formula is C9H13N3O3. The van der Waals surface area contributed by atoms with Crippen molar-refractivity contribution in [2.24, 2.45) is 7.05 Å². The quantitative estimate of drug-likeness (QED) is 0.738. The fraction of sp³-hybridized carbons (Fsp3) is 0.444. The van der Waals surface area contributed by atoms with Crippen molar-refractivity contribution >= 4 is 11.9 Å². The number of hydrogen-bond donors (Lipinski definition) is 2. The summed E-state index contributed by atoms with van der Waals surface area (Å²) in [5, 5.41) is 11.3. The van der Waals surface area contributed by atoms with Crippen LogP contribution in [0, 0.1) is 0 Å². The zero-order valence-corrected chi connectivity index (χ0v) is 8.60. The number of aliphatic carboxylic acids is 1. The molecule has 0 radical (unpaired) electrons. The minimum absolute atomic E-state index is 0.154. The Morgan fingerprint density at radius 1 is 1.67 bits per heavy atom. The van der Waals surface area contributed by atoms with E-state index >= 15 is 0 Å². The Kier molecular flexibility index (Phi) is 3.43. The number of carbonyl (C=O) groups excluding carboxylic acids is 1. The largest absolute Gasteiger partial charge is 0.481 e. The van der Waals surface area contributed by atoms with E-state index < -0.39 is 12.0 Å². The molecular weight excluding hydrogens is 198 g/mol. The van der Waals surface area contributed by atoms with Crippen LogP contribution in [0.3, 0.4) is 0 Å². The summed E-state index contributed by atoms with van der Waals surface area (Å²) in [5.74, 6) is -1.22. The van der Waals surface area contributed by atoms with Gasteiger partial charge in [0.15, 0.2) is 0 Å². The molecule has 1 amide bonds. The summed E-state index contributed by atoms with van der Waals surface area (Å²) >= 11 is 0. The van der Waals surface area contributed by atoms with Crippen LogP contribution in [0.25, 0.3) is 0 Å². The molecule has 0 saturated heterocycles. The van der Waals surface area contributed by atoms with Gasteiger partial charge in [-0.25, -0.2) is 4.98 Å². The Balaban J connectivity index is 2.85. The van der Waals surface area contributed by atoms with E-state index in [-0.39, 0.29) is 12.3 Å². The maximum Gasteiger partial charge on any atom is 0.305 e. The highest BCUT2D eigenvalue weighted by Gasteiger charge is 2.18. The summed E-state index contributed by atoms with van der Waals surface area (Å²) in [6.45, 7) is 1.35. The first kappa shape index (κ1) is 11.2. The molecule has 0 aliphatic carbocycles. The number of rotatable bonds is 4. The van der Waals surface area contributed by atoms with Gasteiger partial charge >= 0.3 is 5.97 Å². The van der Waals surface area contributed by atoms with Gasteiger partial charge in [-0.3, -0.25) is 9.59 Å². The number of nitrogens with one attached hydrogen (secondary N) is 1. The van der Waals surface area contributed by atoms with Crippen LogP contribution in [-0.4, -0.2) is 26.5 Å². The van der Waals surface area contributed by atoms with E-state index in [0.717, 1.165) is 0 Å². The van der Waals surface area contributed by atoms with Crippen LogP contribution in [-0.2, 0) is 16.6 Å². The smallest absolute Gasteiger partial charge is 0.305 e. The molecule has 0 bridgehead atoms. The number of hydrogen-bond acceptors (Lipinski definition) is 3. The molecule has 1 rings (SSSR count). The molecule has 0 saturated carbocycles. The van der Waals surface area contributed by atoms with Crippen LogP contribution in [0.2, 0.25) is 0 Å². The monoisotopic (exact) mass is 211 g/mol. The van der Waals surface area contributed by atoms with Crippen molar-refractivity contribution in [1.29, 1.82) is 0 Å². The van der Waals surface area contributed by atoms with Gasteiger partial charge in [-0.2, -0.15) is 0 Å². The number of amides is 1. The minimum Gasteiger partial charge on any atom is -0.481 e. The Labute approximate surface area is 86.9 Å². The number of imidazole rings is 1. The third-order valence-corrected chi connectivity index (χ3v) is 1.97. The van der Waals surface area contributed by atoms with Gasteiger partial charge in [0.2, 0.25) is 5.91 Å². The van der Waals surface area contributed by atoms with E-state index in [1.807, 2.05) is 0 Å². The third kappa shape index (κ3) is 3.08. The van der Waals surface area contributed by atoms with Crippen molar-refractivity contribution in [1.82, 2.24) is 14.9 Å². The number of aromatic nitrogens is 2. The van der Waals surface area contributed by atoms with E-state index in [9.17, 15) is 9.59 Å². The molecule has 1 atom stereocenters. The molecule has 6 heteroatoms. The van der Waals surface area contributed by atoms with Crippen molar-refractivity contribution in [2.45, 2.75) is 19.4 Å². The van der Waals surface area contributed by atoms with Crippen molar-refractivity contribution in [3.63, 3.8) is 0 Å². The molecule has 0 spiro atoms. The Hall–Kier alpha value is -1.85. The first-order valence-corrected chi connectivity index (χ1v) is 4.46. The second kappa shape index (κ2) is 4.59. The van der Waals surface area contributed by atoms with E-state index in [0.29, 0.717) is 5.69 Å². The molecule has 0 fully saturated rings. The van der Waals surface area contributed by atoms with Crippen LogP contribution in [0.4, 0.5) is 0 Å². The van der Waals surface area contributed by atoms with Crippen LogP contribution in [0.15, 0.2) is 12.5 Å². The SMILES string of the molecule is CC(=O)NC(CC(=O)O)c1cncn1C. The predicted octanol–water partition coefficient (Wildman–Crippen LogP) is 0.0720. The fourth-order valence-corrected chi connectivity index (χ4v) is 1.35. The van der Waals surface area contributed by atoms with Gasteiger partial charge in [-0.15, -0.1) is 0 Å². The third-order valence-electron chi connectivity index (χ3n) is 1.97. The van der Waals surface area contributed by atoms with E-state index in [2.05, 4.69) is 10.3 Å². The molecule has 0 aromatic carbocycles. The molecule has 6 nitrogen and oxygen atoms in total. The van der Waals surface area contributed by atoms with Crippen molar-refractivity contribution in [3.8, 4) is 0 Å². The lowest BCUT2D eigenvalue weighted by atomic mass is 10.1. The fourth-order valence-electron chi connectivity index (χ4n) is 1.35. The molecule has 1 aromatic heterocycles. The Morgan fingerprint density at radius 2 is 2.33 bits per heavy atom. The summed E-state index contributed by atoms with van der Waals surface area (Å²) in [6.07, 6.45) is 2.95. The molecule has 1 unspecified atom stereocenters. The van der Waals surface area contributed by atoms with Crippen LogP contribution >= 0.6 is 0 Å². The first-order valence-electron chi connectivity index (χ1n) is 4.46. The van der Waals surface area contributed by atoms with Gasteiger partial charge in [0.1, 0.15) is 0 Å². The maximum atomic E-state index is 10.9. The van der Waals surface area contributed by atoms with Gasteiger partial charge in [0, 0.05) is 14.0 Å². The number of carbonyl (C=O) groups is 2. The average molecular weight is 211 g/mol. The second-order valence-electron chi connectivity index (χ2n) is 3.28. The van der Waals surface area contributed by atoms with Crippen LogP contribution < -0.4 is 5.32 Å². The van der Waals surface area contributed by atoms with Gasteiger partial charge in [-0.05, 0) is 0 Å². The number of nitrogens with zero attached hydrogens (tertiary/aromatic N) is 2. The van der Waals surface area contributed by atoms with Crippen molar-refractivity contribution in [3.05, 3.63) is 18.2 Å². The zero-order chi connectivity index (χ0) is 11.4. The first-order chi connectivity index (χ1) is 7.00. The molecule has 0 aliphatic rings. The highest BCUT2D eigenvalue weighted by molar-refractivity contribution is 5.75. The zero-order valence-electron chi connectivity index (χ0n) is 8.60. The molecule has 1 aromatic rings. The number of carboxylic acids is 1. The standard InChI is InChI=1S/C9H13N3O3/c1-6(13)11-7(3-9(14)15)8-4-10-5-12(8)2/h4-5,7H,3H2,1-2H3,(H,11,13)(H,14,15). The van der Waals surface area contributed by atoms with Gasteiger partial charge in [0.05, 0.1) is 30.7 Å². The molecule has 2 N–H and O–H groups in total. The normalized spacial score (nSPS) is 12.1. The number of aryl methyl sites for hydroxylation is 1.